The zero-order chi connectivity index (χ0) is 15.7. The number of hydrogen-bond donors (Lipinski definition) is 2. The molecule has 0 amide bonds. The van der Waals surface area contributed by atoms with E-state index in [9.17, 15) is 0 Å². The van der Waals surface area contributed by atoms with Gasteiger partial charge in [0.2, 0.25) is 0 Å². The quantitative estimate of drug-likeness (QED) is 0.651. The molecule has 3 aromatic rings. The first-order chi connectivity index (χ1) is 10.5. The first-order valence-corrected chi connectivity index (χ1v) is 8.41. The van der Waals surface area contributed by atoms with Gasteiger partial charge in [0.15, 0.2) is 0 Å². The molecule has 0 aromatic carbocycles. The first-order valence-electron chi connectivity index (χ1n) is 6.84. The molecule has 0 saturated heterocycles. The summed E-state index contributed by atoms with van der Waals surface area (Å²) >= 11 is 14.1. The Bertz CT molecular complexity index is 784. The van der Waals surface area contributed by atoms with Crippen LogP contribution in [0.25, 0.3) is 10.2 Å². The molecule has 3 aromatic heterocycles. The number of fused-ring (bicyclic) bond motifs is 1. The monoisotopic (exact) mass is 355 g/mol. The Morgan fingerprint density at radius 3 is 2.95 bits per heavy atom. The number of nitrogens with one attached hydrogen (secondary N) is 1. The molecule has 116 valence electrons. The van der Waals surface area contributed by atoms with E-state index >= 15 is 0 Å². The number of thiophene rings is 1. The number of anilines is 1. The van der Waals surface area contributed by atoms with Gasteiger partial charge >= 0.3 is 0 Å². The third kappa shape index (κ3) is 3.22. The summed E-state index contributed by atoms with van der Waals surface area (Å²) < 4.78 is 6.31. The van der Waals surface area contributed by atoms with Crippen LogP contribution < -0.4 is 11.1 Å². The van der Waals surface area contributed by atoms with Crippen molar-refractivity contribution in [3.05, 3.63) is 45.3 Å². The number of furan rings is 1. The molecule has 1 atom stereocenters. The zero-order valence-electron chi connectivity index (χ0n) is 11.9. The van der Waals surface area contributed by atoms with Gasteiger partial charge in [0.25, 0.3) is 0 Å². The van der Waals surface area contributed by atoms with Crippen LogP contribution in [0.4, 0.5) is 5.69 Å². The number of rotatable bonds is 5. The van der Waals surface area contributed by atoms with E-state index in [0.717, 1.165) is 33.0 Å². The van der Waals surface area contributed by atoms with E-state index in [0.29, 0.717) is 16.7 Å². The van der Waals surface area contributed by atoms with Crippen molar-refractivity contribution < 1.29 is 4.42 Å². The second kappa shape index (κ2) is 6.46. The molecule has 0 radical (unpaired) electrons. The summed E-state index contributed by atoms with van der Waals surface area (Å²) in [5.74, 6) is 0.847. The maximum Gasteiger partial charge on any atom is 0.131 e. The van der Waals surface area contributed by atoms with E-state index < -0.39 is 0 Å². The standard InChI is InChI=1S/C15H15Cl2N3OS/c1-8(18)5-11-13(17)14-15(22-11)10(6-12(16)20-14)19-7-9-3-2-4-21-9/h2-4,6,8H,5,7,18H2,1H3,(H,19,20)/t8-/m0/s1. The van der Waals surface area contributed by atoms with Gasteiger partial charge in [0, 0.05) is 17.0 Å². The predicted molar refractivity (Wildman–Crippen MR) is 93.0 cm³/mol. The Labute approximate surface area is 142 Å². The highest BCUT2D eigenvalue weighted by molar-refractivity contribution is 7.20. The van der Waals surface area contributed by atoms with Crippen molar-refractivity contribution in [1.82, 2.24) is 4.98 Å². The summed E-state index contributed by atoms with van der Waals surface area (Å²) in [4.78, 5) is 5.38. The molecule has 0 aliphatic carbocycles. The van der Waals surface area contributed by atoms with Crippen LogP contribution >= 0.6 is 34.5 Å². The van der Waals surface area contributed by atoms with Crippen molar-refractivity contribution in [1.29, 1.82) is 0 Å². The molecule has 0 saturated carbocycles. The van der Waals surface area contributed by atoms with E-state index in [1.165, 1.54) is 0 Å². The van der Waals surface area contributed by atoms with Gasteiger partial charge in [-0.3, -0.25) is 0 Å². The Hall–Kier alpha value is -1.27. The zero-order valence-corrected chi connectivity index (χ0v) is 14.2. The van der Waals surface area contributed by atoms with Crippen molar-refractivity contribution in [3.8, 4) is 0 Å². The highest BCUT2D eigenvalue weighted by Crippen LogP contribution is 2.40. The summed E-state index contributed by atoms with van der Waals surface area (Å²) in [7, 11) is 0. The highest BCUT2D eigenvalue weighted by Gasteiger charge is 2.17. The van der Waals surface area contributed by atoms with Gasteiger partial charge in [-0.2, -0.15) is 0 Å². The van der Waals surface area contributed by atoms with Gasteiger partial charge in [0.1, 0.15) is 16.4 Å². The number of hydrogen-bond acceptors (Lipinski definition) is 5. The van der Waals surface area contributed by atoms with Crippen molar-refractivity contribution >= 4 is 50.4 Å². The van der Waals surface area contributed by atoms with Crippen molar-refractivity contribution in [2.75, 3.05) is 5.32 Å². The smallest absolute Gasteiger partial charge is 0.131 e. The number of halogens is 2. The molecule has 0 aliphatic heterocycles. The third-order valence-corrected chi connectivity index (χ3v) is 5.11. The fraction of sp³-hybridized carbons (Fsp3) is 0.267. The van der Waals surface area contributed by atoms with Crippen LogP contribution in [-0.4, -0.2) is 11.0 Å². The first kappa shape index (κ1) is 15.6. The van der Waals surface area contributed by atoms with E-state index in [2.05, 4.69) is 10.3 Å². The maximum atomic E-state index is 6.43. The van der Waals surface area contributed by atoms with E-state index in [-0.39, 0.29) is 6.04 Å². The Morgan fingerprint density at radius 2 is 2.27 bits per heavy atom. The average Bonchev–Trinajstić information content (AvgIpc) is 3.07. The van der Waals surface area contributed by atoms with Crippen molar-refractivity contribution in [2.24, 2.45) is 5.73 Å². The molecule has 0 bridgehead atoms. The van der Waals surface area contributed by atoms with Gasteiger partial charge in [0.05, 0.1) is 28.2 Å². The minimum atomic E-state index is 0.0422. The topological polar surface area (TPSA) is 64.1 Å². The minimum absolute atomic E-state index is 0.0422. The lowest BCUT2D eigenvalue weighted by atomic mass is 10.2. The van der Waals surface area contributed by atoms with Crippen LogP contribution in [-0.2, 0) is 13.0 Å². The molecule has 0 aliphatic rings. The Kier molecular flexibility index (Phi) is 4.59. The largest absolute Gasteiger partial charge is 0.467 e. The van der Waals surface area contributed by atoms with Gasteiger partial charge in [-0.1, -0.05) is 23.2 Å². The molecule has 3 heterocycles. The fourth-order valence-corrected chi connectivity index (χ4v) is 4.05. The second-order valence-corrected chi connectivity index (χ2v) is 6.99. The molecular weight excluding hydrogens is 341 g/mol. The molecule has 22 heavy (non-hydrogen) atoms. The molecule has 4 nitrogen and oxygen atoms in total. The summed E-state index contributed by atoms with van der Waals surface area (Å²) in [6.45, 7) is 2.53. The van der Waals surface area contributed by atoms with Crippen LogP contribution in [0, 0.1) is 0 Å². The number of nitrogens with zero attached hydrogens (tertiary/aromatic N) is 1. The second-order valence-electron chi connectivity index (χ2n) is 5.12. The number of pyridine rings is 1. The minimum Gasteiger partial charge on any atom is -0.467 e. The van der Waals surface area contributed by atoms with Crippen LogP contribution in [0.3, 0.4) is 0 Å². The van der Waals surface area contributed by atoms with E-state index in [1.807, 2.05) is 19.1 Å². The molecule has 0 spiro atoms. The van der Waals surface area contributed by atoms with E-state index in [4.69, 9.17) is 33.4 Å². The third-order valence-electron chi connectivity index (χ3n) is 3.16. The fourth-order valence-electron chi connectivity index (χ4n) is 2.20. The van der Waals surface area contributed by atoms with Gasteiger partial charge in [-0.25, -0.2) is 4.98 Å². The van der Waals surface area contributed by atoms with Crippen molar-refractivity contribution in [3.63, 3.8) is 0 Å². The molecule has 7 heteroatoms. The average molecular weight is 356 g/mol. The maximum absolute atomic E-state index is 6.43. The Balaban J connectivity index is 1.98. The summed E-state index contributed by atoms with van der Waals surface area (Å²) in [6, 6.07) is 5.61. The molecule has 3 rings (SSSR count). The molecule has 3 N–H and O–H groups in total. The normalized spacial score (nSPS) is 12.7. The lowest BCUT2D eigenvalue weighted by Crippen LogP contribution is -2.17. The van der Waals surface area contributed by atoms with Crippen LogP contribution in [0.5, 0.6) is 0 Å². The van der Waals surface area contributed by atoms with Crippen LogP contribution in [0.1, 0.15) is 17.6 Å². The van der Waals surface area contributed by atoms with Gasteiger partial charge in [-0.05, 0) is 25.5 Å². The summed E-state index contributed by atoms with van der Waals surface area (Å²) in [5.41, 5.74) is 7.50. The van der Waals surface area contributed by atoms with Crippen molar-refractivity contribution in [2.45, 2.75) is 25.9 Å². The molecule has 0 fully saturated rings. The van der Waals surface area contributed by atoms with Crippen LogP contribution in [0.2, 0.25) is 10.2 Å². The van der Waals surface area contributed by atoms with Gasteiger partial charge < -0.3 is 15.5 Å². The Morgan fingerprint density at radius 1 is 1.45 bits per heavy atom. The SMILES string of the molecule is C[C@H](N)Cc1sc2c(NCc3ccco3)cc(Cl)nc2c1Cl. The van der Waals surface area contributed by atoms with Gasteiger partial charge in [-0.15, -0.1) is 11.3 Å². The van der Waals surface area contributed by atoms with Crippen LogP contribution in [0.15, 0.2) is 28.9 Å². The number of nitrogens with two attached hydrogens (primary N) is 1. The summed E-state index contributed by atoms with van der Waals surface area (Å²) in [5, 5.41) is 4.37. The lowest BCUT2D eigenvalue weighted by molar-refractivity contribution is 0.518. The lowest BCUT2D eigenvalue weighted by Gasteiger charge is -2.06. The molecular formula is C15H15Cl2N3OS. The summed E-state index contributed by atoms with van der Waals surface area (Å²) in [6.07, 6.45) is 2.37. The highest BCUT2D eigenvalue weighted by atomic mass is 35.5. The number of aromatic nitrogens is 1. The molecule has 0 unspecified atom stereocenters. The predicted octanol–water partition coefficient (Wildman–Crippen LogP) is 4.70. The van der Waals surface area contributed by atoms with E-state index in [1.54, 1.807) is 23.7 Å².